The lowest BCUT2D eigenvalue weighted by Gasteiger charge is -2.38. The van der Waals surface area contributed by atoms with Crippen molar-refractivity contribution in [2.24, 2.45) is 5.73 Å². The summed E-state index contributed by atoms with van der Waals surface area (Å²) in [7, 11) is 0. The fourth-order valence-corrected chi connectivity index (χ4v) is 2.56. The van der Waals surface area contributed by atoms with Gasteiger partial charge in [-0.25, -0.2) is 4.79 Å². The van der Waals surface area contributed by atoms with Crippen LogP contribution in [0.5, 0.6) is 0 Å². The van der Waals surface area contributed by atoms with Crippen LogP contribution in [-0.2, 0) is 4.74 Å². The molecule has 6 nitrogen and oxygen atoms in total. The molecule has 1 aliphatic carbocycles. The van der Waals surface area contributed by atoms with Crippen molar-refractivity contribution in [3.8, 4) is 11.8 Å². The highest BCUT2D eigenvalue weighted by Gasteiger charge is 2.47. The average molecular weight is 309 g/mol. The number of carbonyl (C=O) groups is 1. The topological polar surface area (TPSA) is 79.0 Å². The molecule has 22 heavy (non-hydrogen) atoms. The van der Waals surface area contributed by atoms with E-state index in [9.17, 15) is 9.90 Å². The normalized spacial score (nSPS) is 22.5. The Balaban J connectivity index is 1.87. The molecule has 3 N–H and O–H groups in total. The Morgan fingerprint density at radius 2 is 1.91 bits per heavy atom. The smallest absolute Gasteiger partial charge is 0.410 e. The molecule has 0 aromatic carbocycles. The Morgan fingerprint density at radius 1 is 1.32 bits per heavy atom. The second-order valence-electron chi connectivity index (χ2n) is 7.01. The minimum Gasteiger partial charge on any atom is -0.444 e. The first kappa shape index (κ1) is 17.1. The molecule has 2 fully saturated rings. The zero-order chi connectivity index (χ0) is 16.4. The molecule has 0 radical (unpaired) electrons. The number of ether oxygens (including phenoxy) is 1. The van der Waals surface area contributed by atoms with Gasteiger partial charge in [-0.1, -0.05) is 11.8 Å². The highest BCUT2D eigenvalue weighted by atomic mass is 16.6. The molecule has 124 valence electrons. The Morgan fingerprint density at radius 3 is 2.36 bits per heavy atom. The van der Waals surface area contributed by atoms with Crippen molar-refractivity contribution in [3.05, 3.63) is 0 Å². The highest BCUT2D eigenvalue weighted by Crippen LogP contribution is 2.41. The lowest BCUT2D eigenvalue weighted by atomic mass is 10.1. The van der Waals surface area contributed by atoms with Gasteiger partial charge in [0.05, 0.1) is 5.54 Å². The van der Waals surface area contributed by atoms with Crippen molar-refractivity contribution < 1.29 is 14.6 Å². The van der Waals surface area contributed by atoms with Gasteiger partial charge in [0, 0.05) is 32.7 Å². The van der Waals surface area contributed by atoms with Crippen LogP contribution in [0.3, 0.4) is 0 Å². The lowest BCUT2D eigenvalue weighted by molar-refractivity contribution is 0.0114. The predicted molar refractivity (Wildman–Crippen MR) is 84.2 cm³/mol. The number of hydrogen-bond acceptors (Lipinski definition) is 5. The van der Waals surface area contributed by atoms with E-state index in [4.69, 9.17) is 10.5 Å². The molecule has 1 saturated carbocycles. The molecule has 0 aromatic rings. The van der Waals surface area contributed by atoms with Crippen molar-refractivity contribution in [2.45, 2.75) is 50.9 Å². The summed E-state index contributed by atoms with van der Waals surface area (Å²) in [5.74, 6) is 6.02. The SMILES string of the molecule is CC(C)(C)OC(=O)N1CCN(C2(C#CC(O)CN)CC2)CC1. The Kier molecular flexibility index (Phi) is 5.00. The number of carbonyl (C=O) groups excluding carboxylic acids is 1. The van der Waals surface area contributed by atoms with Crippen molar-refractivity contribution in [1.29, 1.82) is 0 Å². The van der Waals surface area contributed by atoms with Crippen LogP contribution >= 0.6 is 0 Å². The van der Waals surface area contributed by atoms with Crippen molar-refractivity contribution in [1.82, 2.24) is 9.80 Å². The second kappa shape index (κ2) is 6.45. The summed E-state index contributed by atoms with van der Waals surface area (Å²) in [5.41, 5.74) is 4.80. The number of nitrogens with two attached hydrogens (primary N) is 1. The van der Waals surface area contributed by atoms with E-state index in [-0.39, 0.29) is 18.2 Å². The van der Waals surface area contributed by atoms with Crippen LogP contribution in [0.1, 0.15) is 33.6 Å². The second-order valence-corrected chi connectivity index (χ2v) is 7.01. The van der Waals surface area contributed by atoms with Gasteiger partial charge in [-0.05, 0) is 33.6 Å². The van der Waals surface area contributed by atoms with E-state index < -0.39 is 11.7 Å². The van der Waals surface area contributed by atoms with Gasteiger partial charge >= 0.3 is 6.09 Å². The minimum atomic E-state index is -0.750. The molecule has 1 aliphatic heterocycles. The van der Waals surface area contributed by atoms with Gasteiger partial charge in [-0.15, -0.1) is 0 Å². The van der Waals surface area contributed by atoms with Gasteiger partial charge in [0.25, 0.3) is 0 Å². The number of aliphatic hydroxyl groups excluding tert-OH is 1. The largest absolute Gasteiger partial charge is 0.444 e. The number of rotatable bonds is 2. The van der Waals surface area contributed by atoms with Gasteiger partial charge in [0.1, 0.15) is 11.7 Å². The molecule has 2 aliphatic rings. The standard InChI is InChI=1S/C16H27N3O3/c1-15(2,3)22-14(21)18-8-10-19(11-9-18)16(6-7-16)5-4-13(20)12-17/h13,20H,6-12,17H2,1-3H3. The molecule has 0 bridgehead atoms. The van der Waals surface area contributed by atoms with E-state index in [0.717, 1.165) is 25.9 Å². The molecule has 2 rings (SSSR count). The van der Waals surface area contributed by atoms with Crippen molar-refractivity contribution >= 4 is 6.09 Å². The van der Waals surface area contributed by atoms with Crippen LogP contribution in [0.4, 0.5) is 4.79 Å². The molecule has 6 heteroatoms. The third kappa shape index (κ3) is 4.35. The van der Waals surface area contributed by atoms with Crippen molar-refractivity contribution in [2.75, 3.05) is 32.7 Å². The summed E-state index contributed by atoms with van der Waals surface area (Å²) in [6.07, 6.45) is 1.04. The van der Waals surface area contributed by atoms with Crippen molar-refractivity contribution in [3.63, 3.8) is 0 Å². The zero-order valence-corrected chi connectivity index (χ0v) is 13.8. The maximum atomic E-state index is 12.0. The van der Waals surface area contributed by atoms with E-state index in [1.54, 1.807) is 4.90 Å². The van der Waals surface area contributed by atoms with Crippen LogP contribution in [0.15, 0.2) is 0 Å². The molecule has 1 unspecified atom stereocenters. The molecule has 1 amide bonds. The number of hydrogen-bond donors (Lipinski definition) is 2. The van der Waals surface area contributed by atoms with Crippen LogP contribution in [0.25, 0.3) is 0 Å². The summed E-state index contributed by atoms with van der Waals surface area (Å²) in [6.45, 7) is 8.65. The average Bonchev–Trinajstić information content (AvgIpc) is 3.24. The Bertz CT molecular complexity index is 463. The lowest BCUT2D eigenvalue weighted by Crippen LogP contribution is -2.53. The first-order valence-corrected chi connectivity index (χ1v) is 7.89. The van der Waals surface area contributed by atoms with E-state index in [0.29, 0.717) is 13.1 Å². The molecular weight excluding hydrogens is 282 g/mol. The minimum absolute atomic E-state index is 0.115. The van der Waals surface area contributed by atoms with Gasteiger partial charge < -0.3 is 20.5 Å². The van der Waals surface area contributed by atoms with E-state index in [1.807, 2.05) is 20.8 Å². The Labute approximate surface area is 132 Å². The first-order chi connectivity index (χ1) is 10.3. The fraction of sp³-hybridized carbons (Fsp3) is 0.812. The summed E-state index contributed by atoms with van der Waals surface area (Å²) < 4.78 is 5.40. The quantitative estimate of drug-likeness (QED) is 0.722. The Hall–Kier alpha value is -1.29. The molecular formula is C16H27N3O3. The van der Waals surface area contributed by atoms with E-state index in [1.165, 1.54) is 0 Å². The summed E-state index contributed by atoms with van der Waals surface area (Å²) in [5, 5.41) is 9.48. The fourth-order valence-electron chi connectivity index (χ4n) is 2.56. The molecule has 0 spiro atoms. The van der Waals surface area contributed by atoms with Crippen LogP contribution < -0.4 is 5.73 Å². The third-order valence-electron chi connectivity index (χ3n) is 3.96. The van der Waals surface area contributed by atoms with E-state index >= 15 is 0 Å². The van der Waals surface area contributed by atoms with Gasteiger partial charge in [-0.2, -0.15) is 0 Å². The van der Waals surface area contributed by atoms with Crippen LogP contribution in [0.2, 0.25) is 0 Å². The van der Waals surface area contributed by atoms with Gasteiger partial charge in [-0.3, -0.25) is 4.90 Å². The third-order valence-corrected chi connectivity index (χ3v) is 3.96. The summed E-state index contributed by atoms with van der Waals surface area (Å²) >= 11 is 0. The monoisotopic (exact) mass is 309 g/mol. The number of nitrogens with zero attached hydrogens (tertiary/aromatic N) is 2. The zero-order valence-electron chi connectivity index (χ0n) is 13.8. The van der Waals surface area contributed by atoms with E-state index in [2.05, 4.69) is 16.7 Å². The summed E-state index contributed by atoms with van der Waals surface area (Å²) in [4.78, 5) is 16.1. The summed E-state index contributed by atoms with van der Waals surface area (Å²) in [6, 6.07) is 0. The number of aliphatic hydroxyl groups is 1. The van der Waals surface area contributed by atoms with Crippen LogP contribution in [-0.4, -0.2) is 71.0 Å². The first-order valence-electron chi connectivity index (χ1n) is 7.89. The maximum Gasteiger partial charge on any atom is 0.410 e. The number of piperazine rings is 1. The molecule has 1 atom stereocenters. The molecule has 1 saturated heterocycles. The maximum absolute atomic E-state index is 12.0. The predicted octanol–water partition coefficient (Wildman–Crippen LogP) is 0.395. The van der Waals surface area contributed by atoms with Gasteiger partial charge in [0.2, 0.25) is 0 Å². The molecule has 1 heterocycles. The number of amides is 1. The highest BCUT2D eigenvalue weighted by molar-refractivity contribution is 5.68. The van der Waals surface area contributed by atoms with Crippen LogP contribution in [0, 0.1) is 11.8 Å². The van der Waals surface area contributed by atoms with Gasteiger partial charge in [0.15, 0.2) is 0 Å². The molecule has 0 aromatic heterocycles.